The molecule has 0 aliphatic carbocycles. The second-order valence-electron chi connectivity index (χ2n) is 3.22. The first-order valence-corrected chi connectivity index (χ1v) is 4.97. The van der Waals surface area contributed by atoms with Crippen LogP contribution >= 0.6 is 0 Å². The topological polar surface area (TPSA) is 18.5 Å². The Hall–Kier alpha value is -1.28. The third kappa shape index (κ3) is 3.76. The van der Waals surface area contributed by atoms with Crippen molar-refractivity contribution in [1.29, 1.82) is 0 Å². The average molecular weight is 205 g/mol. The summed E-state index contributed by atoms with van der Waals surface area (Å²) in [5.41, 5.74) is 2.10. The number of ether oxygens (including phenoxy) is 2. The van der Waals surface area contributed by atoms with E-state index in [1.807, 2.05) is 24.3 Å². The van der Waals surface area contributed by atoms with Gasteiger partial charge in [0.1, 0.15) is 12.4 Å². The molecule has 0 saturated carbocycles. The van der Waals surface area contributed by atoms with Gasteiger partial charge in [-0.2, -0.15) is 0 Å². The molecule has 0 aromatic heterocycles. The van der Waals surface area contributed by atoms with E-state index in [4.69, 9.17) is 9.47 Å². The fraction of sp³-hybridized carbons (Fsp3) is 0.308. The lowest BCUT2D eigenvalue weighted by Crippen LogP contribution is -2.04. The monoisotopic (exact) mass is 205 g/mol. The van der Waals surface area contributed by atoms with Crippen molar-refractivity contribution >= 4 is 5.57 Å². The summed E-state index contributed by atoms with van der Waals surface area (Å²) in [5.74, 6) is 0.846. The minimum Gasteiger partial charge on any atom is -0.491 e. The van der Waals surface area contributed by atoms with Crippen molar-refractivity contribution in [3.63, 3.8) is 0 Å². The molecule has 1 aromatic carbocycles. The highest BCUT2D eigenvalue weighted by atomic mass is 16.5. The summed E-state index contributed by atoms with van der Waals surface area (Å²) in [6, 6.07) is 7.87. The van der Waals surface area contributed by atoms with Gasteiger partial charge < -0.3 is 9.47 Å². The Kier molecular flexibility index (Phi) is 4.91. The van der Waals surface area contributed by atoms with Crippen LogP contribution in [0.15, 0.2) is 30.8 Å². The first-order valence-electron chi connectivity index (χ1n) is 4.97. The first-order chi connectivity index (χ1) is 7.27. The summed E-state index contributed by atoms with van der Waals surface area (Å²) in [5, 5.41) is 0. The van der Waals surface area contributed by atoms with Crippen LogP contribution in [0, 0.1) is 6.92 Å². The quantitative estimate of drug-likeness (QED) is 0.665. The van der Waals surface area contributed by atoms with E-state index in [0.717, 1.165) is 16.9 Å². The second kappa shape index (κ2) is 6.25. The molecule has 0 N–H and O–H groups in total. The molecule has 81 valence electrons. The fourth-order valence-corrected chi connectivity index (χ4v) is 1.19. The maximum atomic E-state index is 5.50. The molecule has 2 nitrogen and oxygen atoms in total. The van der Waals surface area contributed by atoms with Gasteiger partial charge in [0, 0.05) is 7.11 Å². The van der Waals surface area contributed by atoms with Gasteiger partial charge in [-0.1, -0.05) is 18.7 Å². The molecular formula is C13H17O2. The highest BCUT2D eigenvalue weighted by Gasteiger charge is 1.99. The SMILES string of the molecule is [CH2]CC(=C)c1cccc(OCCOC)c1. The predicted octanol–water partition coefficient (Wildman–Crippen LogP) is 2.95. The zero-order valence-corrected chi connectivity index (χ0v) is 9.16. The Morgan fingerprint density at radius 2 is 2.13 bits per heavy atom. The number of methoxy groups -OCH3 is 1. The Labute approximate surface area is 91.5 Å². The van der Waals surface area contributed by atoms with Crippen LogP contribution in [-0.4, -0.2) is 20.3 Å². The van der Waals surface area contributed by atoms with Gasteiger partial charge in [-0.05, 0) is 36.6 Å². The summed E-state index contributed by atoms with van der Waals surface area (Å²) in [7, 11) is 1.66. The predicted molar refractivity (Wildman–Crippen MR) is 62.8 cm³/mol. The Morgan fingerprint density at radius 1 is 1.33 bits per heavy atom. The summed E-state index contributed by atoms with van der Waals surface area (Å²) in [6.07, 6.45) is 0.710. The van der Waals surface area contributed by atoms with E-state index in [1.165, 1.54) is 0 Å². The molecule has 0 amide bonds. The maximum Gasteiger partial charge on any atom is 0.120 e. The number of hydrogen-bond acceptors (Lipinski definition) is 2. The summed E-state index contributed by atoms with van der Waals surface area (Å²) >= 11 is 0. The van der Waals surface area contributed by atoms with Crippen molar-refractivity contribution in [2.24, 2.45) is 0 Å². The van der Waals surface area contributed by atoms with Gasteiger partial charge in [-0.3, -0.25) is 0 Å². The summed E-state index contributed by atoms with van der Waals surface area (Å²) in [6.45, 7) is 8.91. The van der Waals surface area contributed by atoms with E-state index in [1.54, 1.807) is 7.11 Å². The van der Waals surface area contributed by atoms with E-state index in [9.17, 15) is 0 Å². The van der Waals surface area contributed by atoms with E-state index < -0.39 is 0 Å². The van der Waals surface area contributed by atoms with Gasteiger partial charge in [0.15, 0.2) is 0 Å². The third-order valence-corrected chi connectivity index (χ3v) is 2.10. The number of benzene rings is 1. The van der Waals surface area contributed by atoms with Crippen molar-refractivity contribution < 1.29 is 9.47 Å². The van der Waals surface area contributed by atoms with Crippen LogP contribution in [0.2, 0.25) is 0 Å². The number of hydrogen-bond donors (Lipinski definition) is 0. The molecule has 0 heterocycles. The molecule has 1 aromatic rings. The van der Waals surface area contributed by atoms with Crippen molar-refractivity contribution in [3.05, 3.63) is 43.3 Å². The Balaban J connectivity index is 2.62. The number of rotatable bonds is 6. The van der Waals surface area contributed by atoms with Crippen LogP contribution in [0.4, 0.5) is 0 Å². The van der Waals surface area contributed by atoms with Crippen LogP contribution in [0.1, 0.15) is 12.0 Å². The van der Waals surface area contributed by atoms with Gasteiger partial charge in [-0.25, -0.2) is 0 Å². The van der Waals surface area contributed by atoms with Crippen molar-refractivity contribution in [2.45, 2.75) is 6.42 Å². The van der Waals surface area contributed by atoms with Crippen LogP contribution in [0.3, 0.4) is 0 Å². The van der Waals surface area contributed by atoms with E-state index in [-0.39, 0.29) is 0 Å². The van der Waals surface area contributed by atoms with E-state index in [0.29, 0.717) is 19.6 Å². The largest absolute Gasteiger partial charge is 0.491 e. The molecule has 2 heteroatoms. The zero-order chi connectivity index (χ0) is 11.1. The van der Waals surface area contributed by atoms with Crippen LogP contribution < -0.4 is 4.74 Å². The van der Waals surface area contributed by atoms with E-state index >= 15 is 0 Å². The minimum absolute atomic E-state index is 0.566. The van der Waals surface area contributed by atoms with Crippen LogP contribution in [-0.2, 0) is 4.74 Å². The molecule has 0 unspecified atom stereocenters. The zero-order valence-electron chi connectivity index (χ0n) is 9.16. The Morgan fingerprint density at radius 3 is 2.80 bits per heavy atom. The lowest BCUT2D eigenvalue weighted by atomic mass is 10.1. The maximum absolute atomic E-state index is 5.50. The summed E-state index contributed by atoms with van der Waals surface area (Å²) in [4.78, 5) is 0. The molecule has 0 bridgehead atoms. The lowest BCUT2D eigenvalue weighted by Gasteiger charge is -2.08. The lowest BCUT2D eigenvalue weighted by molar-refractivity contribution is 0.146. The molecule has 0 fully saturated rings. The first kappa shape index (κ1) is 11.8. The van der Waals surface area contributed by atoms with Gasteiger partial charge >= 0.3 is 0 Å². The van der Waals surface area contributed by atoms with Gasteiger partial charge in [0.2, 0.25) is 0 Å². The van der Waals surface area contributed by atoms with Gasteiger partial charge in [-0.15, -0.1) is 0 Å². The normalized spacial score (nSPS) is 10.0. The average Bonchev–Trinajstić information content (AvgIpc) is 2.29. The molecule has 0 spiro atoms. The molecule has 1 radical (unpaired) electrons. The molecule has 1 rings (SSSR count). The van der Waals surface area contributed by atoms with Crippen molar-refractivity contribution in [2.75, 3.05) is 20.3 Å². The smallest absolute Gasteiger partial charge is 0.120 e. The van der Waals surface area contributed by atoms with Crippen molar-refractivity contribution in [3.8, 4) is 5.75 Å². The molecule has 0 atom stereocenters. The highest BCUT2D eigenvalue weighted by molar-refractivity contribution is 5.64. The van der Waals surface area contributed by atoms with Gasteiger partial charge in [0.05, 0.1) is 6.61 Å². The molecule has 15 heavy (non-hydrogen) atoms. The molecular weight excluding hydrogens is 188 g/mol. The molecule has 0 aliphatic rings. The minimum atomic E-state index is 0.566. The van der Waals surface area contributed by atoms with Crippen LogP contribution in [0.5, 0.6) is 5.75 Å². The highest BCUT2D eigenvalue weighted by Crippen LogP contribution is 2.20. The Bertz CT molecular complexity index is 318. The third-order valence-electron chi connectivity index (χ3n) is 2.10. The van der Waals surface area contributed by atoms with Gasteiger partial charge in [0.25, 0.3) is 0 Å². The number of allylic oxidation sites excluding steroid dienone is 1. The van der Waals surface area contributed by atoms with Crippen molar-refractivity contribution in [1.82, 2.24) is 0 Å². The standard InChI is InChI=1S/C13H17O2/c1-4-11(2)12-6-5-7-13(10-12)15-9-8-14-3/h5-7,10H,1-2,4,8-9H2,3H3. The summed E-state index contributed by atoms with van der Waals surface area (Å²) < 4.78 is 10.4. The second-order valence-corrected chi connectivity index (χ2v) is 3.22. The molecule has 0 saturated heterocycles. The van der Waals surface area contributed by atoms with E-state index in [2.05, 4.69) is 13.5 Å². The van der Waals surface area contributed by atoms with Crippen LogP contribution in [0.25, 0.3) is 5.57 Å². The molecule has 0 aliphatic heterocycles. The fourth-order valence-electron chi connectivity index (χ4n) is 1.19.